The molecule has 0 radical (unpaired) electrons. The molecule has 0 aromatic heterocycles. The predicted octanol–water partition coefficient (Wildman–Crippen LogP) is 2.45. The summed E-state index contributed by atoms with van der Waals surface area (Å²) in [6, 6.07) is 14.9. The van der Waals surface area contributed by atoms with Gasteiger partial charge in [-0.15, -0.1) is 0 Å². The van der Waals surface area contributed by atoms with Gasteiger partial charge in [-0.25, -0.2) is 5.48 Å². The van der Waals surface area contributed by atoms with E-state index in [4.69, 9.17) is 9.94 Å². The van der Waals surface area contributed by atoms with Gasteiger partial charge in [0.2, 0.25) is 11.8 Å². The second-order valence-electron chi connectivity index (χ2n) is 7.30. The van der Waals surface area contributed by atoms with E-state index in [2.05, 4.69) is 5.32 Å². The summed E-state index contributed by atoms with van der Waals surface area (Å²) >= 11 is 0. The molecule has 0 saturated heterocycles. The number of nitrogens with zero attached hydrogens (tertiary/aromatic N) is 1. The third kappa shape index (κ3) is 5.28. The molecule has 0 bridgehead atoms. The van der Waals surface area contributed by atoms with Crippen molar-refractivity contribution >= 4 is 23.2 Å². The van der Waals surface area contributed by atoms with Crippen molar-refractivity contribution < 1.29 is 24.6 Å². The molecular weight excluding hydrogens is 386 g/mol. The van der Waals surface area contributed by atoms with E-state index in [1.165, 1.54) is 0 Å². The summed E-state index contributed by atoms with van der Waals surface area (Å²) in [5.41, 5.74) is 4.27. The predicted molar refractivity (Wildman–Crippen MR) is 112 cm³/mol. The van der Waals surface area contributed by atoms with Gasteiger partial charge in [-0.2, -0.15) is 0 Å². The molecule has 2 aromatic rings. The minimum absolute atomic E-state index is 0.0208. The van der Waals surface area contributed by atoms with Crippen LogP contribution in [0.2, 0.25) is 0 Å². The van der Waals surface area contributed by atoms with Gasteiger partial charge < -0.3 is 20.1 Å². The van der Waals surface area contributed by atoms with Crippen LogP contribution in [0.3, 0.4) is 0 Å². The highest BCUT2D eigenvalue weighted by molar-refractivity contribution is 6.03. The van der Waals surface area contributed by atoms with E-state index < -0.39 is 18.1 Å². The van der Waals surface area contributed by atoms with E-state index in [1.54, 1.807) is 12.6 Å². The van der Waals surface area contributed by atoms with Gasteiger partial charge in [-0.3, -0.25) is 14.8 Å². The molecule has 1 heterocycles. The molecule has 3 rings (SSSR count). The summed E-state index contributed by atoms with van der Waals surface area (Å²) in [6.45, 7) is 0.530. The molecule has 2 atom stereocenters. The minimum Gasteiger partial charge on any atom is -0.497 e. The van der Waals surface area contributed by atoms with Crippen molar-refractivity contribution in [2.24, 2.45) is 0 Å². The molecule has 0 spiro atoms. The van der Waals surface area contributed by atoms with E-state index in [0.29, 0.717) is 19.4 Å². The summed E-state index contributed by atoms with van der Waals surface area (Å²) in [4.78, 5) is 26.0. The number of aliphatic hydroxyl groups is 1. The van der Waals surface area contributed by atoms with Gasteiger partial charge in [0, 0.05) is 13.0 Å². The van der Waals surface area contributed by atoms with Gasteiger partial charge in [-0.1, -0.05) is 24.3 Å². The molecular formula is C22H27N3O5. The third-order valence-corrected chi connectivity index (χ3v) is 5.26. The quantitative estimate of drug-likeness (QED) is 0.371. The standard InChI is InChI=1S/C22H27N3O5/c1-30-17-10-6-15(7-11-17)14-25-19-5-3-2-4-18(19)23-22(28)20(25)12-8-16(26)9-13-21(27)24-29/h2-7,10-11,16,20,26,29H,8-9,12-14H2,1H3,(H,23,28)(H,24,27). The maximum Gasteiger partial charge on any atom is 0.247 e. The van der Waals surface area contributed by atoms with Gasteiger partial charge in [-0.05, 0) is 49.1 Å². The van der Waals surface area contributed by atoms with Crippen LogP contribution in [0, 0.1) is 0 Å². The molecule has 8 nitrogen and oxygen atoms in total. The third-order valence-electron chi connectivity index (χ3n) is 5.26. The number of ether oxygens (including phenoxy) is 1. The molecule has 2 amide bonds. The first-order valence-corrected chi connectivity index (χ1v) is 9.92. The molecule has 1 aliphatic heterocycles. The first-order valence-electron chi connectivity index (χ1n) is 9.92. The van der Waals surface area contributed by atoms with Crippen LogP contribution in [0.5, 0.6) is 5.75 Å². The zero-order valence-electron chi connectivity index (χ0n) is 16.9. The summed E-state index contributed by atoms with van der Waals surface area (Å²) in [5, 5.41) is 21.7. The molecule has 4 N–H and O–H groups in total. The van der Waals surface area contributed by atoms with Crippen molar-refractivity contribution in [1.82, 2.24) is 5.48 Å². The Bertz CT molecular complexity index is 871. The van der Waals surface area contributed by atoms with Crippen LogP contribution >= 0.6 is 0 Å². The number of carbonyl (C=O) groups is 2. The lowest BCUT2D eigenvalue weighted by molar-refractivity contribution is -0.129. The highest BCUT2D eigenvalue weighted by Crippen LogP contribution is 2.34. The summed E-state index contributed by atoms with van der Waals surface area (Å²) < 4.78 is 5.22. The minimum atomic E-state index is -0.741. The van der Waals surface area contributed by atoms with Crippen LogP contribution in [0.25, 0.3) is 0 Å². The first kappa shape index (κ1) is 21.6. The molecule has 30 heavy (non-hydrogen) atoms. The number of carbonyl (C=O) groups excluding carboxylic acids is 2. The zero-order chi connectivity index (χ0) is 21.5. The smallest absolute Gasteiger partial charge is 0.247 e. The number of amides is 2. The Morgan fingerprint density at radius 3 is 2.63 bits per heavy atom. The lowest BCUT2D eigenvalue weighted by Crippen LogP contribution is -2.48. The van der Waals surface area contributed by atoms with E-state index >= 15 is 0 Å². The Balaban J connectivity index is 1.75. The second kappa shape index (κ2) is 10.1. The Morgan fingerprint density at radius 1 is 1.20 bits per heavy atom. The highest BCUT2D eigenvalue weighted by atomic mass is 16.5. The Labute approximate surface area is 175 Å². The normalized spacial score (nSPS) is 16.4. The Morgan fingerprint density at radius 2 is 1.93 bits per heavy atom. The molecule has 160 valence electrons. The number of methoxy groups -OCH3 is 1. The number of aliphatic hydroxyl groups excluding tert-OH is 1. The fourth-order valence-electron chi connectivity index (χ4n) is 3.61. The van der Waals surface area contributed by atoms with E-state index in [0.717, 1.165) is 22.7 Å². The molecule has 1 aliphatic rings. The number of hydrogen-bond acceptors (Lipinski definition) is 6. The van der Waals surface area contributed by atoms with Gasteiger partial charge in [0.05, 0.1) is 24.6 Å². The maximum absolute atomic E-state index is 12.8. The van der Waals surface area contributed by atoms with Crippen LogP contribution in [-0.4, -0.2) is 41.4 Å². The average molecular weight is 413 g/mol. The zero-order valence-corrected chi connectivity index (χ0v) is 16.9. The van der Waals surface area contributed by atoms with Crippen molar-refractivity contribution in [1.29, 1.82) is 0 Å². The number of anilines is 2. The lowest BCUT2D eigenvalue weighted by atomic mass is 9.99. The van der Waals surface area contributed by atoms with Gasteiger partial charge in [0.25, 0.3) is 0 Å². The Kier molecular flexibility index (Phi) is 7.26. The number of hydrogen-bond donors (Lipinski definition) is 4. The topological polar surface area (TPSA) is 111 Å². The number of rotatable bonds is 9. The number of hydroxylamine groups is 1. The van der Waals surface area contributed by atoms with Crippen LogP contribution in [0.4, 0.5) is 11.4 Å². The maximum atomic E-state index is 12.8. The Hall–Kier alpha value is -3.10. The average Bonchev–Trinajstić information content (AvgIpc) is 2.77. The molecule has 2 unspecified atom stereocenters. The number of para-hydroxylation sites is 2. The molecule has 0 fully saturated rings. The summed E-state index contributed by atoms with van der Waals surface area (Å²) in [7, 11) is 1.62. The lowest BCUT2D eigenvalue weighted by Gasteiger charge is -2.38. The van der Waals surface area contributed by atoms with Gasteiger partial charge in [0.1, 0.15) is 11.8 Å². The fourth-order valence-corrected chi connectivity index (χ4v) is 3.61. The van der Waals surface area contributed by atoms with Gasteiger partial charge in [0.15, 0.2) is 0 Å². The first-order chi connectivity index (χ1) is 14.5. The summed E-state index contributed by atoms with van der Waals surface area (Å²) in [6.07, 6.45) is 0.286. The monoisotopic (exact) mass is 413 g/mol. The van der Waals surface area contributed by atoms with Crippen LogP contribution in [0.15, 0.2) is 48.5 Å². The van der Waals surface area contributed by atoms with E-state index in [9.17, 15) is 14.7 Å². The largest absolute Gasteiger partial charge is 0.497 e. The SMILES string of the molecule is COc1ccc(CN2c3ccccc3NC(=O)C2CCC(O)CCC(=O)NO)cc1. The second-order valence-corrected chi connectivity index (χ2v) is 7.30. The van der Waals surface area contributed by atoms with E-state index in [-0.39, 0.29) is 18.7 Å². The highest BCUT2D eigenvalue weighted by Gasteiger charge is 2.33. The molecule has 2 aromatic carbocycles. The van der Waals surface area contributed by atoms with Crippen molar-refractivity contribution in [3.63, 3.8) is 0 Å². The van der Waals surface area contributed by atoms with Crippen molar-refractivity contribution in [2.75, 3.05) is 17.3 Å². The van der Waals surface area contributed by atoms with Crippen molar-refractivity contribution in [2.45, 2.75) is 44.4 Å². The van der Waals surface area contributed by atoms with Crippen LogP contribution < -0.4 is 20.4 Å². The van der Waals surface area contributed by atoms with Crippen LogP contribution in [-0.2, 0) is 16.1 Å². The number of nitrogens with one attached hydrogen (secondary N) is 2. The number of benzene rings is 2. The molecule has 8 heteroatoms. The fraction of sp³-hybridized carbons (Fsp3) is 0.364. The molecule has 0 saturated carbocycles. The van der Waals surface area contributed by atoms with Crippen LogP contribution in [0.1, 0.15) is 31.2 Å². The van der Waals surface area contributed by atoms with E-state index in [1.807, 2.05) is 53.4 Å². The molecule has 0 aliphatic carbocycles. The van der Waals surface area contributed by atoms with Crippen molar-refractivity contribution in [3.05, 3.63) is 54.1 Å². The number of fused-ring (bicyclic) bond motifs is 1. The summed E-state index contributed by atoms with van der Waals surface area (Å²) in [5.74, 6) is 0.101. The van der Waals surface area contributed by atoms with Crippen molar-refractivity contribution in [3.8, 4) is 5.75 Å². The van der Waals surface area contributed by atoms with Gasteiger partial charge >= 0.3 is 0 Å².